The van der Waals surface area contributed by atoms with Crippen LogP contribution in [0.1, 0.15) is 10.4 Å². The van der Waals surface area contributed by atoms with Gasteiger partial charge in [-0.1, -0.05) is 18.2 Å². The van der Waals surface area contributed by atoms with Crippen LogP contribution < -0.4 is 26.3 Å². The lowest BCUT2D eigenvalue weighted by molar-refractivity contribution is -0.598. The molecule has 0 aliphatic rings. The van der Waals surface area contributed by atoms with E-state index in [2.05, 4.69) is 0 Å². The van der Waals surface area contributed by atoms with Gasteiger partial charge in [-0.3, -0.25) is 10.1 Å². The van der Waals surface area contributed by atoms with Crippen LogP contribution in [0.15, 0.2) is 48.5 Å². The second kappa shape index (κ2) is 5.79. The highest BCUT2D eigenvalue weighted by atomic mass is 127. The average Bonchev–Trinajstić information content (AvgIpc) is 2.39. The molecule has 0 aliphatic carbocycles. The standard InChI is InChI=1S/C13H8INO4/c16-13(17)11-6-1-2-7-12(11)14-9-4-3-5-10(8-9)15(18)19/h1-8H. The second-order valence-corrected chi connectivity index (χ2v) is 6.55. The molecular weight excluding hydrogens is 361 g/mol. The van der Waals surface area contributed by atoms with Crippen molar-refractivity contribution in [2.75, 3.05) is 0 Å². The lowest BCUT2D eigenvalue weighted by atomic mass is 10.2. The van der Waals surface area contributed by atoms with E-state index in [9.17, 15) is 20.0 Å². The summed E-state index contributed by atoms with van der Waals surface area (Å²) in [5, 5.41) is 21.7. The van der Waals surface area contributed by atoms with Crippen LogP contribution in [0.4, 0.5) is 5.69 Å². The molecule has 0 bridgehead atoms. The molecule has 0 aromatic heterocycles. The van der Waals surface area contributed by atoms with Gasteiger partial charge >= 0.3 is 21.2 Å². The number of nitro benzene ring substituents is 1. The van der Waals surface area contributed by atoms with E-state index >= 15 is 0 Å². The number of non-ortho nitro benzene ring substituents is 1. The van der Waals surface area contributed by atoms with E-state index in [4.69, 9.17) is 0 Å². The molecule has 0 amide bonds. The maximum absolute atomic E-state index is 11.0. The number of carboxylic acid groups (broad SMARTS) is 1. The first-order chi connectivity index (χ1) is 9.08. The van der Waals surface area contributed by atoms with Gasteiger partial charge in [-0.25, -0.2) is 0 Å². The van der Waals surface area contributed by atoms with Gasteiger partial charge in [0.15, 0.2) is 0 Å². The van der Waals surface area contributed by atoms with E-state index in [1.807, 2.05) is 0 Å². The number of nitro groups is 1. The Labute approximate surface area is 119 Å². The van der Waals surface area contributed by atoms with Crippen molar-refractivity contribution in [3.05, 3.63) is 71.3 Å². The first-order valence-electron chi connectivity index (χ1n) is 5.27. The summed E-state index contributed by atoms with van der Waals surface area (Å²) in [4.78, 5) is 21.2. The molecule has 6 heteroatoms. The van der Waals surface area contributed by atoms with Crippen LogP contribution in [-0.2, 0) is 0 Å². The topological polar surface area (TPSA) is 83.3 Å². The van der Waals surface area contributed by atoms with E-state index in [0.29, 0.717) is 3.57 Å². The molecule has 0 radical (unpaired) electrons. The van der Waals surface area contributed by atoms with Crippen molar-refractivity contribution in [2.24, 2.45) is 0 Å². The van der Waals surface area contributed by atoms with E-state index < -0.39 is 32.1 Å². The van der Waals surface area contributed by atoms with Gasteiger partial charge in [0.25, 0.3) is 5.69 Å². The maximum Gasteiger partial charge on any atom is 0.358 e. The maximum atomic E-state index is 11.0. The molecule has 0 atom stereocenters. The molecule has 2 aromatic rings. The van der Waals surface area contributed by atoms with Gasteiger partial charge in [0.1, 0.15) is 0 Å². The number of hydrogen-bond acceptors (Lipinski definition) is 4. The molecule has 0 saturated heterocycles. The van der Waals surface area contributed by atoms with Gasteiger partial charge in [-0.15, -0.1) is 0 Å². The number of rotatable bonds is 4. The Balaban J connectivity index is 2.34. The zero-order valence-electron chi connectivity index (χ0n) is 9.58. The molecule has 96 valence electrons. The molecule has 0 heterocycles. The minimum absolute atomic E-state index is 0.0168. The van der Waals surface area contributed by atoms with Crippen LogP contribution in [0.3, 0.4) is 0 Å². The summed E-state index contributed by atoms with van der Waals surface area (Å²) in [6, 6.07) is 12.9. The first kappa shape index (κ1) is 13.5. The Hall–Kier alpha value is -1.96. The van der Waals surface area contributed by atoms with Crippen LogP contribution in [0, 0.1) is 17.3 Å². The van der Waals surface area contributed by atoms with Crippen LogP contribution >= 0.6 is 0 Å². The Bertz CT molecular complexity index is 642. The predicted octanol–water partition coefficient (Wildman–Crippen LogP) is -1.91. The van der Waals surface area contributed by atoms with Crippen LogP contribution in [0.2, 0.25) is 0 Å². The van der Waals surface area contributed by atoms with Crippen LogP contribution in [-0.4, -0.2) is 10.9 Å². The Morgan fingerprint density at radius 3 is 2.53 bits per heavy atom. The van der Waals surface area contributed by atoms with Gasteiger partial charge in [0, 0.05) is 6.07 Å². The molecule has 0 N–H and O–H groups in total. The number of carboxylic acids is 1. The van der Waals surface area contributed by atoms with Crippen molar-refractivity contribution in [1.29, 1.82) is 0 Å². The van der Waals surface area contributed by atoms with Crippen molar-refractivity contribution in [3.63, 3.8) is 0 Å². The molecular formula is C13H8INO4. The van der Waals surface area contributed by atoms with E-state index in [1.54, 1.807) is 30.3 Å². The van der Waals surface area contributed by atoms with Crippen LogP contribution in [0.25, 0.3) is 0 Å². The van der Waals surface area contributed by atoms with Gasteiger partial charge in [0.2, 0.25) is 7.14 Å². The number of aromatic carboxylic acids is 1. The number of carbonyl (C=O) groups excluding carboxylic acids is 1. The number of carbonyl (C=O) groups is 1. The van der Waals surface area contributed by atoms with Gasteiger partial charge in [0.05, 0.1) is 22.5 Å². The number of halogens is 1. The zero-order valence-corrected chi connectivity index (χ0v) is 11.7. The summed E-state index contributed by atoms with van der Waals surface area (Å²) in [5.41, 5.74) is 0.171. The fourth-order valence-corrected chi connectivity index (χ4v) is 4.09. The van der Waals surface area contributed by atoms with Crippen molar-refractivity contribution in [1.82, 2.24) is 0 Å². The number of benzene rings is 2. The zero-order chi connectivity index (χ0) is 13.8. The molecule has 0 unspecified atom stereocenters. The molecule has 5 nitrogen and oxygen atoms in total. The summed E-state index contributed by atoms with van der Waals surface area (Å²) in [6.45, 7) is 0. The fraction of sp³-hybridized carbons (Fsp3) is 0. The van der Waals surface area contributed by atoms with E-state index in [0.717, 1.165) is 3.57 Å². The predicted molar refractivity (Wildman–Crippen MR) is 61.3 cm³/mol. The summed E-state index contributed by atoms with van der Waals surface area (Å²) in [6.07, 6.45) is 0. The summed E-state index contributed by atoms with van der Waals surface area (Å²) in [5.74, 6) is -1.22. The highest BCUT2D eigenvalue weighted by Crippen LogP contribution is 2.07. The van der Waals surface area contributed by atoms with Gasteiger partial charge < -0.3 is 9.90 Å². The van der Waals surface area contributed by atoms with Crippen LogP contribution in [0.5, 0.6) is 0 Å². The molecule has 2 rings (SSSR count). The van der Waals surface area contributed by atoms with Crippen molar-refractivity contribution < 1.29 is 36.0 Å². The minimum Gasteiger partial charge on any atom is -0.545 e. The molecule has 2 aromatic carbocycles. The lowest BCUT2D eigenvalue weighted by Crippen LogP contribution is -3.61. The average molecular weight is 369 g/mol. The highest BCUT2D eigenvalue weighted by Gasteiger charge is 2.22. The number of hydrogen-bond donors (Lipinski definition) is 0. The summed E-state index contributed by atoms with van der Waals surface area (Å²) in [7, 11) is 0. The Morgan fingerprint density at radius 1 is 1.11 bits per heavy atom. The van der Waals surface area contributed by atoms with Crippen molar-refractivity contribution in [3.8, 4) is 0 Å². The lowest BCUT2D eigenvalue weighted by Gasteiger charge is -2.00. The molecule has 0 aliphatic heterocycles. The van der Waals surface area contributed by atoms with Gasteiger partial charge in [-0.2, -0.15) is 0 Å². The Kier molecular flexibility index (Phi) is 4.10. The molecule has 19 heavy (non-hydrogen) atoms. The third kappa shape index (κ3) is 3.28. The monoisotopic (exact) mass is 369 g/mol. The molecule has 0 fully saturated rings. The highest BCUT2D eigenvalue weighted by molar-refractivity contribution is 5.85. The Morgan fingerprint density at radius 2 is 1.84 bits per heavy atom. The smallest absolute Gasteiger partial charge is 0.358 e. The molecule has 0 spiro atoms. The van der Waals surface area contributed by atoms with Crippen molar-refractivity contribution in [2.45, 2.75) is 0 Å². The van der Waals surface area contributed by atoms with E-state index in [-0.39, 0.29) is 11.3 Å². The second-order valence-electron chi connectivity index (χ2n) is 3.60. The third-order valence-electron chi connectivity index (χ3n) is 2.32. The summed E-state index contributed by atoms with van der Waals surface area (Å²) < 4.78 is 1.48. The first-order valence-corrected chi connectivity index (χ1v) is 7.43. The fourth-order valence-electron chi connectivity index (χ4n) is 1.48. The van der Waals surface area contributed by atoms with Gasteiger partial charge in [-0.05, 0) is 18.2 Å². The van der Waals surface area contributed by atoms with Crippen molar-refractivity contribution >= 4 is 11.7 Å². The molecule has 0 saturated carbocycles. The largest absolute Gasteiger partial charge is 0.545 e. The third-order valence-corrected chi connectivity index (χ3v) is 5.14. The SMILES string of the molecule is O=C([O-])c1ccccc1[I+]c1cccc([N+](=O)[O-])c1. The normalized spacial score (nSPS) is 10.1. The quantitative estimate of drug-likeness (QED) is 0.358. The van der Waals surface area contributed by atoms with E-state index in [1.165, 1.54) is 18.2 Å². The minimum atomic E-state index is -1.22. The summed E-state index contributed by atoms with van der Waals surface area (Å²) >= 11 is -0.794. The number of nitrogens with zero attached hydrogens (tertiary/aromatic N) is 1.